The van der Waals surface area contributed by atoms with Gasteiger partial charge in [0.15, 0.2) is 5.82 Å². The summed E-state index contributed by atoms with van der Waals surface area (Å²) >= 11 is 6.00. The van der Waals surface area contributed by atoms with Crippen LogP contribution in [0.25, 0.3) is 11.4 Å². The van der Waals surface area contributed by atoms with E-state index in [0.717, 1.165) is 17.9 Å². The third kappa shape index (κ3) is 3.87. The van der Waals surface area contributed by atoms with Crippen LogP contribution in [0.4, 0.5) is 5.82 Å². The fourth-order valence-electron chi connectivity index (χ4n) is 2.13. The molecule has 0 unspecified atom stereocenters. The third-order valence-electron chi connectivity index (χ3n) is 3.46. The molecule has 0 aliphatic rings. The lowest BCUT2D eigenvalue weighted by Gasteiger charge is -2.22. The van der Waals surface area contributed by atoms with Crippen LogP contribution >= 0.6 is 11.6 Å². The molecule has 2 aromatic rings. The molecule has 6 heteroatoms. The standard InChI is InChI=1S/C16H21ClN4O/c1-4-12(18)9-21(3)15-7-10(2)19-16(20-15)13-8-11(17)5-6-14(13)22/h5-8,12,22H,4,9,18H2,1-3H3/t12-/m1/s1. The summed E-state index contributed by atoms with van der Waals surface area (Å²) in [6.45, 7) is 4.65. The Morgan fingerprint density at radius 3 is 2.73 bits per heavy atom. The van der Waals surface area contributed by atoms with E-state index >= 15 is 0 Å². The van der Waals surface area contributed by atoms with Crippen molar-refractivity contribution in [2.45, 2.75) is 26.3 Å². The maximum atomic E-state index is 10.0. The molecule has 0 saturated heterocycles. The first kappa shape index (κ1) is 16.5. The highest BCUT2D eigenvalue weighted by atomic mass is 35.5. The molecule has 1 aromatic heterocycles. The smallest absolute Gasteiger partial charge is 0.165 e. The second-order valence-corrected chi connectivity index (χ2v) is 5.84. The Labute approximate surface area is 135 Å². The van der Waals surface area contributed by atoms with Gasteiger partial charge in [0.2, 0.25) is 0 Å². The highest BCUT2D eigenvalue weighted by Gasteiger charge is 2.13. The molecule has 0 aliphatic carbocycles. The highest BCUT2D eigenvalue weighted by Crippen LogP contribution is 2.30. The van der Waals surface area contributed by atoms with Gasteiger partial charge >= 0.3 is 0 Å². The molecule has 0 aliphatic heterocycles. The topological polar surface area (TPSA) is 75.3 Å². The average Bonchev–Trinajstić information content (AvgIpc) is 2.48. The average molecular weight is 321 g/mol. The van der Waals surface area contributed by atoms with E-state index in [4.69, 9.17) is 17.3 Å². The van der Waals surface area contributed by atoms with Gasteiger partial charge < -0.3 is 15.7 Å². The van der Waals surface area contributed by atoms with Gasteiger partial charge in [-0.1, -0.05) is 18.5 Å². The van der Waals surface area contributed by atoms with Gasteiger partial charge in [0.1, 0.15) is 11.6 Å². The minimum Gasteiger partial charge on any atom is -0.507 e. The van der Waals surface area contributed by atoms with Gasteiger partial charge in [-0.15, -0.1) is 0 Å². The first-order chi connectivity index (χ1) is 10.4. The molecule has 1 aromatic carbocycles. The molecule has 0 spiro atoms. The number of anilines is 1. The van der Waals surface area contributed by atoms with Crippen molar-refractivity contribution >= 4 is 17.4 Å². The molecule has 0 bridgehead atoms. The number of phenols is 1. The minimum absolute atomic E-state index is 0.0864. The minimum atomic E-state index is 0.0864. The number of hydrogen-bond acceptors (Lipinski definition) is 5. The fourth-order valence-corrected chi connectivity index (χ4v) is 2.30. The zero-order chi connectivity index (χ0) is 16.3. The quantitative estimate of drug-likeness (QED) is 0.885. The molecule has 1 atom stereocenters. The molecule has 118 valence electrons. The van der Waals surface area contributed by atoms with Gasteiger partial charge in [-0.05, 0) is 31.5 Å². The number of hydrogen-bond donors (Lipinski definition) is 2. The Hall–Kier alpha value is -1.85. The number of benzene rings is 1. The van der Waals surface area contributed by atoms with Crippen molar-refractivity contribution in [2.24, 2.45) is 5.73 Å². The highest BCUT2D eigenvalue weighted by molar-refractivity contribution is 6.30. The molecule has 5 nitrogen and oxygen atoms in total. The second kappa shape index (κ2) is 6.94. The normalized spacial score (nSPS) is 12.2. The Kier molecular flexibility index (Phi) is 5.21. The van der Waals surface area contributed by atoms with Crippen LogP contribution in [0.2, 0.25) is 5.02 Å². The van der Waals surface area contributed by atoms with Gasteiger partial charge in [-0.3, -0.25) is 0 Å². The molecule has 0 radical (unpaired) electrons. The van der Waals surface area contributed by atoms with Crippen molar-refractivity contribution in [1.82, 2.24) is 9.97 Å². The van der Waals surface area contributed by atoms with Gasteiger partial charge in [0.25, 0.3) is 0 Å². The zero-order valence-corrected chi connectivity index (χ0v) is 13.8. The Bertz CT molecular complexity index is 663. The third-order valence-corrected chi connectivity index (χ3v) is 3.70. The van der Waals surface area contributed by atoms with E-state index in [9.17, 15) is 5.11 Å². The first-order valence-electron chi connectivity index (χ1n) is 7.22. The van der Waals surface area contributed by atoms with Crippen LogP contribution in [0.5, 0.6) is 5.75 Å². The van der Waals surface area contributed by atoms with E-state index in [0.29, 0.717) is 23.0 Å². The van der Waals surface area contributed by atoms with Crippen LogP contribution in [-0.4, -0.2) is 34.7 Å². The van der Waals surface area contributed by atoms with Crippen LogP contribution < -0.4 is 10.6 Å². The maximum absolute atomic E-state index is 10.0. The predicted molar refractivity (Wildman–Crippen MR) is 90.4 cm³/mol. The number of halogens is 1. The first-order valence-corrected chi connectivity index (χ1v) is 7.59. The van der Waals surface area contributed by atoms with Crippen LogP contribution in [0.1, 0.15) is 19.0 Å². The summed E-state index contributed by atoms with van der Waals surface area (Å²) < 4.78 is 0. The van der Waals surface area contributed by atoms with Crippen molar-refractivity contribution < 1.29 is 5.11 Å². The predicted octanol–water partition coefficient (Wildman–Crippen LogP) is 2.98. The van der Waals surface area contributed by atoms with E-state index in [-0.39, 0.29) is 11.8 Å². The summed E-state index contributed by atoms with van der Waals surface area (Å²) in [6.07, 6.45) is 0.899. The van der Waals surface area contributed by atoms with E-state index in [2.05, 4.69) is 16.9 Å². The molecule has 0 fully saturated rings. The zero-order valence-electron chi connectivity index (χ0n) is 13.0. The van der Waals surface area contributed by atoms with Crippen molar-refractivity contribution in [3.63, 3.8) is 0 Å². The number of phenolic OH excluding ortho intramolecular Hbond substituents is 1. The van der Waals surface area contributed by atoms with Gasteiger partial charge in [0.05, 0.1) is 5.56 Å². The van der Waals surface area contributed by atoms with Crippen LogP contribution in [0, 0.1) is 6.92 Å². The number of nitrogens with zero attached hydrogens (tertiary/aromatic N) is 3. The summed E-state index contributed by atoms with van der Waals surface area (Å²) in [5.41, 5.74) is 7.34. The Morgan fingerprint density at radius 1 is 1.32 bits per heavy atom. The van der Waals surface area contributed by atoms with E-state index in [1.165, 1.54) is 0 Å². The molecule has 0 amide bonds. The van der Waals surface area contributed by atoms with E-state index < -0.39 is 0 Å². The fraction of sp³-hybridized carbons (Fsp3) is 0.375. The summed E-state index contributed by atoms with van der Waals surface area (Å²) in [6, 6.07) is 6.81. The van der Waals surface area contributed by atoms with Crippen molar-refractivity contribution in [3.8, 4) is 17.1 Å². The van der Waals surface area contributed by atoms with Crippen LogP contribution in [-0.2, 0) is 0 Å². The number of likely N-dealkylation sites (N-methyl/N-ethyl adjacent to an activating group) is 1. The van der Waals surface area contributed by atoms with Crippen LogP contribution in [0.15, 0.2) is 24.3 Å². The molecule has 1 heterocycles. The second-order valence-electron chi connectivity index (χ2n) is 5.40. The van der Waals surface area contributed by atoms with Gasteiger partial charge in [-0.25, -0.2) is 9.97 Å². The van der Waals surface area contributed by atoms with Crippen molar-refractivity contribution in [2.75, 3.05) is 18.5 Å². The monoisotopic (exact) mass is 320 g/mol. The van der Waals surface area contributed by atoms with E-state index in [1.807, 2.05) is 24.9 Å². The molecule has 22 heavy (non-hydrogen) atoms. The lowest BCUT2D eigenvalue weighted by molar-refractivity contribution is 0.477. The molecule has 0 saturated carbocycles. The molecular weight excluding hydrogens is 300 g/mol. The van der Waals surface area contributed by atoms with Crippen LogP contribution in [0.3, 0.4) is 0 Å². The summed E-state index contributed by atoms with van der Waals surface area (Å²) in [7, 11) is 1.94. The molecule has 3 N–H and O–H groups in total. The largest absolute Gasteiger partial charge is 0.507 e. The molecule has 2 rings (SSSR count). The Balaban J connectivity index is 2.40. The van der Waals surface area contributed by atoms with Crippen molar-refractivity contribution in [1.29, 1.82) is 0 Å². The van der Waals surface area contributed by atoms with E-state index in [1.54, 1.807) is 18.2 Å². The summed E-state index contributed by atoms with van der Waals surface area (Å²) in [4.78, 5) is 10.9. The SMILES string of the molecule is CC[C@@H](N)CN(C)c1cc(C)nc(-c2cc(Cl)ccc2O)n1. The number of aromatic nitrogens is 2. The summed E-state index contributed by atoms with van der Waals surface area (Å²) in [5, 5.41) is 10.5. The van der Waals surface area contributed by atoms with Crippen molar-refractivity contribution in [3.05, 3.63) is 35.0 Å². The lowest BCUT2D eigenvalue weighted by atomic mass is 10.2. The number of aryl methyl sites for hydroxylation is 1. The van der Waals surface area contributed by atoms with Gasteiger partial charge in [0, 0.05) is 36.4 Å². The Morgan fingerprint density at radius 2 is 2.05 bits per heavy atom. The number of aromatic hydroxyl groups is 1. The summed E-state index contributed by atoms with van der Waals surface area (Å²) in [5.74, 6) is 1.33. The lowest BCUT2D eigenvalue weighted by Crippen LogP contribution is -2.35. The number of nitrogens with two attached hydrogens (primary N) is 1. The van der Waals surface area contributed by atoms with Gasteiger partial charge in [-0.2, -0.15) is 0 Å². The molecular formula is C16H21ClN4O. The maximum Gasteiger partial charge on any atom is 0.165 e. The number of rotatable bonds is 5.